The Bertz CT molecular complexity index is 821. The summed E-state index contributed by atoms with van der Waals surface area (Å²) in [4.78, 5) is 16.9. The Morgan fingerprint density at radius 1 is 1.35 bits per heavy atom. The lowest BCUT2D eigenvalue weighted by Crippen LogP contribution is -2.26. The van der Waals surface area contributed by atoms with E-state index in [1.165, 1.54) is 0 Å². The highest BCUT2D eigenvalue weighted by Gasteiger charge is 2.26. The van der Waals surface area contributed by atoms with Crippen molar-refractivity contribution in [3.8, 4) is 0 Å². The van der Waals surface area contributed by atoms with Crippen LogP contribution in [0.4, 0.5) is 0 Å². The van der Waals surface area contributed by atoms with E-state index in [1.54, 1.807) is 6.92 Å². The predicted octanol–water partition coefficient (Wildman–Crippen LogP) is 4.24. The van der Waals surface area contributed by atoms with E-state index in [1.807, 2.05) is 48.5 Å². The number of hydrogen-bond donors (Lipinski definition) is 1. The molecule has 1 N–H and O–H groups in total. The van der Waals surface area contributed by atoms with Gasteiger partial charge in [-0.1, -0.05) is 53.2 Å². The number of benzene rings is 2. The number of aliphatic carboxylic acids is 1. The van der Waals surface area contributed by atoms with E-state index in [2.05, 4.69) is 5.16 Å². The fraction of sp³-hybridized carbons (Fsp3) is 0.300. The highest BCUT2D eigenvalue weighted by Crippen LogP contribution is 2.33. The first-order valence-corrected chi connectivity index (χ1v) is 8.87. The van der Waals surface area contributed by atoms with Gasteiger partial charge in [-0.05, 0) is 30.2 Å². The van der Waals surface area contributed by atoms with Crippen LogP contribution < -0.4 is 0 Å². The zero-order valence-corrected chi connectivity index (χ0v) is 15.1. The van der Waals surface area contributed by atoms with Crippen LogP contribution in [-0.2, 0) is 20.8 Å². The molecule has 0 aromatic heterocycles. The second-order valence-electron chi connectivity index (χ2n) is 6.04. The molecule has 136 valence electrons. The zero-order valence-electron chi connectivity index (χ0n) is 14.4. The fourth-order valence-corrected chi connectivity index (χ4v) is 3.22. The molecular weight excluding hydrogens is 354 g/mol. The summed E-state index contributed by atoms with van der Waals surface area (Å²) in [5.74, 6) is -0.961. The van der Waals surface area contributed by atoms with Crippen LogP contribution in [0, 0.1) is 0 Å². The van der Waals surface area contributed by atoms with Gasteiger partial charge >= 0.3 is 5.97 Å². The van der Waals surface area contributed by atoms with Crippen LogP contribution in [0.3, 0.4) is 0 Å². The third-order valence-electron chi connectivity index (χ3n) is 4.25. The molecule has 0 fully saturated rings. The van der Waals surface area contributed by atoms with Crippen molar-refractivity contribution in [2.45, 2.75) is 32.0 Å². The van der Waals surface area contributed by atoms with E-state index in [9.17, 15) is 9.90 Å². The topological polar surface area (TPSA) is 68.1 Å². The number of halogens is 1. The number of carbonyl (C=O) groups is 1. The highest BCUT2D eigenvalue weighted by atomic mass is 35.5. The molecule has 0 bridgehead atoms. The summed E-state index contributed by atoms with van der Waals surface area (Å²) in [6, 6.07) is 15.2. The van der Waals surface area contributed by atoms with Gasteiger partial charge in [0.05, 0.1) is 5.71 Å². The Morgan fingerprint density at radius 2 is 2.15 bits per heavy atom. The number of carboxylic acid groups (broad SMARTS) is 1. The van der Waals surface area contributed by atoms with Crippen LogP contribution in [0.15, 0.2) is 53.7 Å². The van der Waals surface area contributed by atoms with Crippen molar-refractivity contribution in [2.24, 2.45) is 5.16 Å². The molecule has 0 saturated carbocycles. The van der Waals surface area contributed by atoms with Gasteiger partial charge in [-0.25, -0.2) is 4.79 Å². The minimum atomic E-state index is -0.961. The normalized spacial score (nSPS) is 17.5. The molecule has 26 heavy (non-hydrogen) atoms. The van der Waals surface area contributed by atoms with Crippen LogP contribution in [0.25, 0.3) is 0 Å². The Labute approximate surface area is 157 Å². The van der Waals surface area contributed by atoms with E-state index in [4.69, 9.17) is 21.2 Å². The largest absolute Gasteiger partial charge is 0.479 e. The number of hydrogen-bond acceptors (Lipinski definition) is 4. The lowest BCUT2D eigenvalue weighted by Gasteiger charge is -2.13. The molecule has 0 amide bonds. The Kier molecular flexibility index (Phi) is 5.91. The highest BCUT2D eigenvalue weighted by molar-refractivity contribution is 6.31. The Balaban J connectivity index is 1.73. The lowest BCUT2D eigenvalue weighted by molar-refractivity contribution is -0.149. The lowest BCUT2D eigenvalue weighted by atomic mass is 9.97. The van der Waals surface area contributed by atoms with Crippen molar-refractivity contribution < 1.29 is 19.5 Å². The molecule has 3 rings (SSSR count). The third-order valence-corrected chi connectivity index (χ3v) is 4.59. The van der Waals surface area contributed by atoms with E-state index in [-0.39, 0.29) is 6.10 Å². The Hall–Kier alpha value is -2.37. The van der Waals surface area contributed by atoms with Crippen molar-refractivity contribution in [1.82, 2.24) is 0 Å². The van der Waals surface area contributed by atoms with Gasteiger partial charge in [0, 0.05) is 30.0 Å². The predicted molar refractivity (Wildman–Crippen MR) is 99.6 cm³/mol. The van der Waals surface area contributed by atoms with E-state index in [0.717, 1.165) is 22.4 Å². The average Bonchev–Trinajstić information content (AvgIpc) is 3.12. The number of nitrogens with zero attached hydrogens (tertiary/aromatic N) is 1. The smallest absolute Gasteiger partial charge is 0.333 e. The molecule has 2 aromatic rings. The fourth-order valence-electron chi connectivity index (χ4n) is 2.96. The summed E-state index contributed by atoms with van der Waals surface area (Å²) < 4.78 is 5.29. The summed E-state index contributed by atoms with van der Waals surface area (Å²) in [7, 11) is 0. The number of rotatable bonds is 7. The summed E-state index contributed by atoms with van der Waals surface area (Å²) in [5, 5.41) is 14.1. The molecule has 1 aliphatic heterocycles. The van der Waals surface area contributed by atoms with Gasteiger partial charge in [0.2, 0.25) is 0 Å². The first-order chi connectivity index (χ1) is 12.6. The van der Waals surface area contributed by atoms with Crippen molar-refractivity contribution >= 4 is 23.3 Å². The first kappa shape index (κ1) is 18.4. The van der Waals surface area contributed by atoms with E-state index < -0.39 is 12.1 Å². The van der Waals surface area contributed by atoms with Gasteiger partial charge < -0.3 is 14.7 Å². The molecule has 0 aliphatic carbocycles. The van der Waals surface area contributed by atoms with Gasteiger partial charge in [-0.2, -0.15) is 0 Å². The molecule has 0 saturated heterocycles. The summed E-state index contributed by atoms with van der Waals surface area (Å²) in [5.41, 5.74) is 3.52. The van der Waals surface area contributed by atoms with Gasteiger partial charge in [-0.3, -0.25) is 0 Å². The first-order valence-electron chi connectivity index (χ1n) is 8.49. The molecule has 1 heterocycles. The second-order valence-corrected chi connectivity index (χ2v) is 6.45. The van der Waals surface area contributed by atoms with Crippen LogP contribution in [0.2, 0.25) is 5.02 Å². The molecular formula is C20H20ClNO4. The van der Waals surface area contributed by atoms with E-state index in [0.29, 0.717) is 24.5 Å². The molecule has 6 heteroatoms. The molecule has 0 spiro atoms. The minimum Gasteiger partial charge on any atom is -0.479 e. The quantitative estimate of drug-likeness (QED) is 0.788. The molecule has 2 aromatic carbocycles. The van der Waals surface area contributed by atoms with Gasteiger partial charge in [0.1, 0.15) is 0 Å². The third kappa shape index (κ3) is 4.23. The standard InChI is InChI=1S/C20H20ClNO4/c1-2-25-19(20(23)24)11-13-6-5-7-14(10-13)17-12-18(26-22-17)15-8-3-4-9-16(15)21/h3-10,18-19H,2,11-12H2,1H3,(H,23,24)/t18?,19-/m0/s1. The van der Waals surface area contributed by atoms with Crippen molar-refractivity contribution in [1.29, 1.82) is 0 Å². The summed E-state index contributed by atoms with van der Waals surface area (Å²) in [6.07, 6.45) is -0.148. The van der Waals surface area contributed by atoms with Crippen molar-refractivity contribution in [2.75, 3.05) is 6.61 Å². The maximum absolute atomic E-state index is 11.3. The van der Waals surface area contributed by atoms with Crippen LogP contribution in [-0.4, -0.2) is 29.5 Å². The molecule has 2 atom stereocenters. The number of ether oxygens (including phenoxy) is 1. The number of oxime groups is 1. The van der Waals surface area contributed by atoms with Crippen molar-refractivity contribution in [3.63, 3.8) is 0 Å². The van der Waals surface area contributed by atoms with Gasteiger partial charge in [-0.15, -0.1) is 0 Å². The van der Waals surface area contributed by atoms with Crippen LogP contribution in [0.1, 0.15) is 36.1 Å². The summed E-state index contributed by atoms with van der Waals surface area (Å²) >= 11 is 6.24. The van der Waals surface area contributed by atoms with Crippen molar-refractivity contribution in [3.05, 3.63) is 70.2 Å². The SMILES string of the molecule is CCO[C@@H](Cc1cccc(C2=NOC(c3ccccc3Cl)C2)c1)C(=O)O. The maximum Gasteiger partial charge on any atom is 0.333 e. The van der Waals surface area contributed by atoms with Crippen LogP contribution >= 0.6 is 11.6 Å². The van der Waals surface area contributed by atoms with Gasteiger partial charge in [0.25, 0.3) is 0 Å². The summed E-state index contributed by atoms with van der Waals surface area (Å²) in [6.45, 7) is 2.14. The minimum absolute atomic E-state index is 0.211. The molecule has 5 nitrogen and oxygen atoms in total. The zero-order chi connectivity index (χ0) is 18.5. The monoisotopic (exact) mass is 373 g/mol. The second kappa shape index (κ2) is 8.34. The number of carboxylic acids is 1. The Morgan fingerprint density at radius 3 is 2.88 bits per heavy atom. The van der Waals surface area contributed by atoms with E-state index >= 15 is 0 Å². The average molecular weight is 374 g/mol. The van der Waals surface area contributed by atoms with Gasteiger partial charge in [0.15, 0.2) is 12.2 Å². The molecule has 1 unspecified atom stereocenters. The maximum atomic E-state index is 11.3. The molecule has 0 radical (unpaired) electrons. The molecule has 1 aliphatic rings. The van der Waals surface area contributed by atoms with Crippen LogP contribution in [0.5, 0.6) is 0 Å².